The Labute approximate surface area is 143 Å². The monoisotopic (exact) mass is 365 g/mol. The van der Waals surface area contributed by atoms with Crippen molar-refractivity contribution in [2.24, 2.45) is 5.73 Å². The topological polar surface area (TPSA) is 138 Å². The largest absolute Gasteiger partial charge is 0.496 e. The Morgan fingerprint density at radius 3 is 2.40 bits per heavy atom. The zero-order chi connectivity index (χ0) is 18.6. The second-order valence-corrected chi connectivity index (χ2v) is 6.44. The Morgan fingerprint density at radius 2 is 1.88 bits per heavy atom. The molecule has 1 aromatic heterocycles. The molecule has 2 aromatic rings. The summed E-state index contributed by atoms with van der Waals surface area (Å²) in [6, 6.07) is 6.35. The van der Waals surface area contributed by atoms with Crippen LogP contribution >= 0.6 is 0 Å². The van der Waals surface area contributed by atoms with Crippen molar-refractivity contribution in [2.75, 3.05) is 18.9 Å². The van der Waals surface area contributed by atoms with E-state index >= 15 is 0 Å². The lowest BCUT2D eigenvalue weighted by atomic mass is 10.2. The Hall–Kier alpha value is -3.14. The molecule has 0 aliphatic heterocycles. The van der Waals surface area contributed by atoms with Gasteiger partial charge < -0.3 is 15.2 Å². The number of nitrogens with two attached hydrogens (primary N) is 1. The average Bonchev–Trinajstić information content (AvgIpc) is 2.60. The van der Waals surface area contributed by atoms with Gasteiger partial charge in [0.1, 0.15) is 11.6 Å². The van der Waals surface area contributed by atoms with Gasteiger partial charge in [-0.25, -0.2) is 18.2 Å². The molecule has 25 heavy (non-hydrogen) atoms. The molecule has 0 unspecified atom stereocenters. The van der Waals surface area contributed by atoms with Crippen LogP contribution in [0.4, 0.5) is 5.82 Å². The number of nitrogens with one attached hydrogen (secondary N) is 1. The molecule has 0 atom stereocenters. The summed E-state index contributed by atoms with van der Waals surface area (Å²) in [4.78, 5) is 26.4. The van der Waals surface area contributed by atoms with E-state index in [0.717, 1.165) is 6.07 Å². The van der Waals surface area contributed by atoms with Gasteiger partial charge in [-0.1, -0.05) is 0 Å². The number of carbonyl (C=O) groups is 2. The third kappa shape index (κ3) is 4.04. The molecule has 0 saturated heterocycles. The number of carbonyl (C=O) groups excluding carboxylic acids is 2. The van der Waals surface area contributed by atoms with Crippen LogP contribution in [0, 0.1) is 0 Å². The number of ether oxygens (including phenoxy) is 2. The highest BCUT2D eigenvalue weighted by atomic mass is 32.2. The van der Waals surface area contributed by atoms with E-state index in [1.54, 1.807) is 0 Å². The number of esters is 1. The quantitative estimate of drug-likeness (QED) is 0.721. The molecule has 0 aliphatic rings. The van der Waals surface area contributed by atoms with Crippen molar-refractivity contribution in [3.8, 4) is 5.75 Å². The molecule has 0 spiro atoms. The minimum atomic E-state index is -4.03. The van der Waals surface area contributed by atoms with Gasteiger partial charge in [-0.3, -0.25) is 9.52 Å². The predicted octanol–water partition coefficient (Wildman–Crippen LogP) is 0.776. The number of anilines is 1. The molecule has 2 rings (SSSR count). The lowest BCUT2D eigenvalue weighted by Crippen LogP contribution is -2.17. The second kappa shape index (κ2) is 7.18. The number of benzene rings is 1. The predicted molar refractivity (Wildman–Crippen MR) is 87.9 cm³/mol. The second-order valence-electron chi connectivity index (χ2n) is 4.76. The summed E-state index contributed by atoms with van der Waals surface area (Å²) in [5.41, 5.74) is 5.32. The Kier molecular flexibility index (Phi) is 5.22. The smallest absolute Gasteiger partial charge is 0.339 e. The number of hydrogen-bond donors (Lipinski definition) is 2. The van der Waals surface area contributed by atoms with E-state index in [-0.39, 0.29) is 27.6 Å². The van der Waals surface area contributed by atoms with Crippen LogP contribution in [0.15, 0.2) is 41.4 Å². The fraction of sp³-hybridized carbons (Fsp3) is 0.133. The number of sulfonamides is 1. The Morgan fingerprint density at radius 1 is 1.16 bits per heavy atom. The summed E-state index contributed by atoms with van der Waals surface area (Å²) in [5.74, 6) is -1.27. The van der Waals surface area contributed by atoms with Crippen LogP contribution in [0.5, 0.6) is 5.75 Å². The van der Waals surface area contributed by atoms with Crippen LogP contribution in [0.3, 0.4) is 0 Å². The van der Waals surface area contributed by atoms with Crippen LogP contribution < -0.4 is 15.2 Å². The fourth-order valence-electron chi connectivity index (χ4n) is 1.94. The number of rotatable bonds is 6. The number of aromatic nitrogens is 1. The third-order valence-electron chi connectivity index (χ3n) is 3.17. The molecule has 1 heterocycles. The molecule has 0 saturated carbocycles. The Bertz CT molecular complexity index is 909. The van der Waals surface area contributed by atoms with Crippen LogP contribution in [0.2, 0.25) is 0 Å². The molecule has 9 nitrogen and oxygen atoms in total. The van der Waals surface area contributed by atoms with Crippen LogP contribution in [0.1, 0.15) is 20.7 Å². The number of amides is 1. The summed E-state index contributed by atoms with van der Waals surface area (Å²) >= 11 is 0. The molecule has 0 aliphatic carbocycles. The molecule has 132 valence electrons. The zero-order valence-electron chi connectivity index (χ0n) is 13.3. The standard InChI is InChI=1S/C15H15N3O6S/c1-23-12-5-4-10(7-11(12)14(16)19)25(21,22)18-13-6-3-9(8-17-13)15(20)24-2/h3-8H,1-2H3,(H2,16,19)(H,17,18). The fourth-order valence-corrected chi connectivity index (χ4v) is 2.97. The maximum atomic E-state index is 12.4. The first-order valence-corrected chi connectivity index (χ1v) is 8.32. The van der Waals surface area contributed by atoms with Crippen molar-refractivity contribution < 1.29 is 27.5 Å². The minimum Gasteiger partial charge on any atom is -0.496 e. The van der Waals surface area contributed by atoms with Crippen LogP contribution in [-0.4, -0.2) is 39.5 Å². The third-order valence-corrected chi connectivity index (χ3v) is 4.52. The first-order chi connectivity index (χ1) is 11.8. The van der Waals surface area contributed by atoms with Gasteiger partial charge in [0.2, 0.25) is 0 Å². The molecule has 3 N–H and O–H groups in total. The summed E-state index contributed by atoms with van der Waals surface area (Å²) in [7, 11) is -1.47. The van der Waals surface area contributed by atoms with E-state index in [4.69, 9.17) is 10.5 Å². The summed E-state index contributed by atoms with van der Waals surface area (Å²) in [6.07, 6.45) is 1.17. The van der Waals surface area contributed by atoms with E-state index in [2.05, 4.69) is 14.4 Å². The lowest BCUT2D eigenvalue weighted by Gasteiger charge is -2.10. The summed E-state index contributed by atoms with van der Waals surface area (Å²) in [6.45, 7) is 0. The van der Waals surface area contributed by atoms with Crippen molar-refractivity contribution >= 4 is 27.7 Å². The van der Waals surface area contributed by atoms with E-state index in [1.165, 1.54) is 44.7 Å². The van der Waals surface area contributed by atoms with Crippen molar-refractivity contribution in [2.45, 2.75) is 4.90 Å². The maximum Gasteiger partial charge on any atom is 0.339 e. The summed E-state index contributed by atoms with van der Waals surface area (Å²) in [5, 5.41) is 0. The van der Waals surface area contributed by atoms with E-state index in [9.17, 15) is 18.0 Å². The SMILES string of the molecule is COC(=O)c1ccc(NS(=O)(=O)c2ccc(OC)c(C(N)=O)c2)nc1. The van der Waals surface area contributed by atoms with Crippen molar-refractivity contribution in [3.05, 3.63) is 47.7 Å². The highest BCUT2D eigenvalue weighted by molar-refractivity contribution is 7.92. The first-order valence-electron chi connectivity index (χ1n) is 6.83. The van der Waals surface area contributed by atoms with Crippen molar-refractivity contribution in [3.63, 3.8) is 0 Å². The normalized spacial score (nSPS) is 10.8. The number of hydrogen-bond acceptors (Lipinski definition) is 7. The van der Waals surface area contributed by atoms with Gasteiger partial charge in [-0.15, -0.1) is 0 Å². The van der Waals surface area contributed by atoms with Crippen molar-refractivity contribution in [1.29, 1.82) is 0 Å². The van der Waals surface area contributed by atoms with Crippen LogP contribution in [0.25, 0.3) is 0 Å². The molecule has 0 fully saturated rings. The van der Waals surface area contributed by atoms with Gasteiger partial charge in [0.05, 0.1) is 30.2 Å². The van der Waals surface area contributed by atoms with Gasteiger partial charge in [0, 0.05) is 6.20 Å². The van der Waals surface area contributed by atoms with Gasteiger partial charge in [-0.05, 0) is 30.3 Å². The molecule has 1 amide bonds. The zero-order valence-corrected chi connectivity index (χ0v) is 14.2. The number of pyridine rings is 1. The number of primary amides is 1. The van der Waals surface area contributed by atoms with Crippen molar-refractivity contribution in [1.82, 2.24) is 4.98 Å². The van der Waals surface area contributed by atoms with Gasteiger partial charge in [-0.2, -0.15) is 0 Å². The van der Waals surface area contributed by atoms with E-state index in [0.29, 0.717) is 0 Å². The minimum absolute atomic E-state index is 0.0101. The first kappa shape index (κ1) is 18.2. The molecule has 10 heteroatoms. The van der Waals surface area contributed by atoms with Crippen LogP contribution in [-0.2, 0) is 14.8 Å². The summed E-state index contributed by atoms with van der Waals surface area (Å²) < 4.78 is 36.6. The molecule has 1 aromatic carbocycles. The molecular formula is C15H15N3O6S. The molecule has 0 radical (unpaired) electrons. The number of nitrogens with zero attached hydrogens (tertiary/aromatic N) is 1. The van der Waals surface area contributed by atoms with Gasteiger partial charge >= 0.3 is 5.97 Å². The molecule has 0 bridgehead atoms. The lowest BCUT2D eigenvalue weighted by molar-refractivity contribution is 0.0600. The number of methoxy groups -OCH3 is 2. The van der Waals surface area contributed by atoms with E-state index < -0.39 is 21.9 Å². The highest BCUT2D eigenvalue weighted by Crippen LogP contribution is 2.23. The Balaban J connectivity index is 2.31. The van der Waals surface area contributed by atoms with Gasteiger partial charge in [0.25, 0.3) is 15.9 Å². The highest BCUT2D eigenvalue weighted by Gasteiger charge is 2.19. The van der Waals surface area contributed by atoms with E-state index in [1.807, 2.05) is 0 Å². The maximum absolute atomic E-state index is 12.4. The molecular weight excluding hydrogens is 350 g/mol. The average molecular weight is 365 g/mol. The van der Waals surface area contributed by atoms with Gasteiger partial charge in [0.15, 0.2) is 0 Å².